The fraction of sp³-hybridized carbons (Fsp3) is 0.308. The van der Waals surface area contributed by atoms with E-state index in [0.717, 1.165) is 6.07 Å². The van der Waals surface area contributed by atoms with Crippen LogP contribution in [0.5, 0.6) is 0 Å². The zero-order chi connectivity index (χ0) is 15.4. The number of halogens is 2. The Balaban J connectivity index is 2.17. The average Bonchev–Trinajstić information content (AvgIpc) is 2.92. The van der Waals surface area contributed by atoms with Crippen molar-refractivity contribution in [1.82, 2.24) is 4.98 Å². The van der Waals surface area contributed by atoms with Crippen molar-refractivity contribution in [2.45, 2.75) is 26.3 Å². The van der Waals surface area contributed by atoms with Gasteiger partial charge in [0, 0.05) is 29.8 Å². The van der Waals surface area contributed by atoms with Crippen LogP contribution in [-0.2, 0) is 13.0 Å². The first kappa shape index (κ1) is 14.9. The van der Waals surface area contributed by atoms with Gasteiger partial charge < -0.3 is 9.73 Å². The molecule has 0 bridgehead atoms. The van der Waals surface area contributed by atoms with Gasteiger partial charge in [0.2, 0.25) is 5.89 Å². The largest absolute Gasteiger partial charge is 0.444 e. The van der Waals surface area contributed by atoms with E-state index in [2.05, 4.69) is 10.3 Å². The second kappa shape index (κ2) is 6.29. The lowest BCUT2D eigenvalue weighted by Crippen LogP contribution is -2.04. The number of aromatic nitrogens is 1. The predicted molar refractivity (Wildman–Crippen MR) is 71.3 cm³/mol. The molecule has 1 heterocycles. The van der Waals surface area contributed by atoms with Crippen LogP contribution in [0.4, 0.5) is 20.2 Å². The standard InChI is InChI=1S/C13H13F2N3O3/c1-2-9-6-17-12(21-9)7-16-11-4-3-8(18(19)20)5-10(11)13(14)15/h3-6,13,16H,2,7H2,1H3. The third-order valence-electron chi connectivity index (χ3n) is 2.86. The SMILES string of the molecule is CCc1cnc(CNc2ccc([N+](=O)[O-])cc2C(F)F)o1. The van der Waals surface area contributed by atoms with Gasteiger partial charge in [-0.25, -0.2) is 13.8 Å². The number of nitro groups is 1. The van der Waals surface area contributed by atoms with Crippen molar-refractivity contribution < 1.29 is 18.1 Å². The minimum Gasteiger partial charge on any atom is -0.444 e. The Labute approximate surface area is 118 Å². The predicted octanol–water partition coefficient (Wildman–Crippen LogP) is 3.69. The zero-order valence-corrected chi connectivity index (χ0v) is 11.2. The van der Waals surface area contributed by atoms with Crippen LogP contribution >= 0.6 is 0 Å². The number of nitro benzene ring substituents is 1. The zero-order valence-electron chi connectivity index (χ0n) is 11.2. The Hall–Kier alpha value is -2.51. The number of anilines is 1. The van der Waals surface area contributed by atoms with Crippen LogP contribution in [-0.4, -0.2) is 9.91 Å². The number of nitrogens with zero attached hydrogens (tertiary/aromatic N) is 2. The van der Waals surface area contributed by atoms with E-state index < -0.39 is 16.9 Å². The molecule has 6 nitrogen and oxygen atoms in total. The number of benzene rings is 1. The molecule has 112 valence electrons. The van der Waals surface area contributed by atoms with Crippen LogP contribution in [0.1, 0.15) is 30.6 Å². The summed E-state index contributed by atoms with van der Waals surface area (Å²) in [5, 5.41) is 13.4. The molecule has 0 saturated carbocycles. The number of nitrogens with one attached hydrogen (secondary N) is 1. The van der Waals surface area contributed by atoms with Gasteiger partial charge in [0.15, 0.2) is 0 Å². The van der Waals surface area contributed by atoms with Gasteiger partial charge >= 0.3 is 0 Å². The molecule has 1 aromatic heterocycles. The van der Waals surface area contributed by atoms with Crippen molar-refractivity contribution in [1.29, 1.82) is 0 Å². The molecule has 0 radical (unpaired) electrons. The van der Waals surface area contributed by atoms with E-state index in [1.165, 1.54) is 12.1 Å². The van der Waals surface area contributed by atoms with Gasteiger partial charge in [-0.1, -0.05) is 6.92 Å². The highest BCUT2D eigenvalue weighted by molar-refractivity contribution is 5.56. The van der Waals surface area contributed by atoms with E-state index in [-0.39, 0.29) is 17.9 Å². The van der Waals surface area contributed by atoms with Gasteiger partial charge in [0.1, 0.15) is 5.76 Å². The van der Waals surface area contributed by atoms with E-state index in [0.29, 0.717) is 18.1 Å². The van der Waals surface area contributed by atoms with Crippen molar-refractivity contribution >= 4 is 11.4 Å². The fourth-order valence-corrected chi connectivity index (χ4v) is 1.77. The van der Waals surface area contributed by atoms with Crippen LogP contribution in [0.15, 0.2) is 28.8 Å². The lowest BCUT2D eigenvalue weighted by molar-refractivity contribution is -0.385. The number of hydrogen-bond donors (Lipinski definition) is 1. The summed E-state index contributed by atoms with van der Waals surface area (Å²) >= 11 is 0. The quantitative estimate of drug-likeness (QED) is 0.649. The van der Waals surface area contributed by atoms with Crippen LogP contribution < -0.4 is 5.32 Å². The summed E-state index contributed by atoms with van der Waals surface area (Å²) in [6.45, 7) is 2.03. The highest BCUT2D eigenvalue weighted by atomic mass is 19.3. The Kier molecular flexibility index (Phi) is 4.46. The van der Waals surface area contributed by atoms with Crippen molar-refractivity contribution in [3.8, 4) is 0 Å². The van der Waals surface area contributed by atoms with E-state index in [1.54, 1.807) is 6.20 Å². The number of aryl methyl sites for hydroxylation is 1. The maximum atomic E-state index is 13.0. The van der Waals surface area contributed by atoms with Gasteiger partial charge in [-0.3, -0.25) is 10.1 Å². The number of rotatable bonds is 6. The Bertz CT molecular complexity index is 643. The van der Waals surface area contributed by atoms with Crippen molar-refractivity contribution in [2.24, 2.45) is 0 Å². The molecule has 0 aliphatic heterocycles. The molecule has 0 spiro atoms. The maximum absolute atomic E-state index is 13.0. The molecular weight excluding hydrogens is 284 g/mol. The first-order valence-electron chi connectivity index (χ1n) is 6.25. The molecule has 1 aromatic carbocycles. The number of non-ortho nitro benzene ring substituents is 1. The summed E-state index contributed by atoms with van der Waals surface area (Å²) in [4.78, 5) is 13.9. The lowest BCUT2D eigenvalue weighted by Gasteiger charge is -2.10. The van der Waals surface area contributed by atoms with E-state index in [9.17, 15) is 18.9 Å². The Morgan fingerprint density at radius 1 is 1.48 bits per heavy atom. The normalized spacial score (nSPS) is 10.9. The number of hydrogen-bond acceptors (Lipinski definition) is 5. The van der Waals surface area contributed by atoms with Gasteiger partial charge in [0.05, 0.1) is 17.7 Å². The molecule has 2 rings (SSSR count). The van der Waals surface area contributed by atoms with Gasteiger partial charge in [-0.15, -0.1) is 0 Å². The molecule has 0 aliphatic rings. The van der Waals surface area contributed by atoms with Gasteiger partial charge in [-0.2, -0.15) is 0 Å². The Morgan fingerprint density at radius 2 is 2.24 bits per heavy atom. The molecule has 0 fully saturated rings. The number of alkyl halides is 2. The summed E-state index contributed by atoms with van der Waals surface area (Å²) in [5.74, 6) is 1.06. The van der Waals surface area contributed by atoms with Gasteiger partial charge in [0.25, 0.3) is 12.1 Å². The smallest absolute Gasteiger partial charge is 0.270 e. The first-order valence-corrected chi connectivity index (χ1v) is 6.25. The lowest BCUT2D eigenvalue weighted by atomic mass is 10.1. The second-order valence-electron chi connectivity index (χ2n) is 4.26. The molecule has 21 heavy (non-hydrogen) atoms. The molecule has 0 saturated heterocycles. The minimum absolute atomic E-state index is 0.117. The molecule has 2 aromatic rings. The van der Waals surface area contributed by atoms with E-state index in [4.69, 9.17) is 4.42 Å². The summed E-state index contributed by atoms with van der Waals surface area (Å²) in [6, 6.07) is 3.28. The molecule has 0 atom stereocenters. The molecule has 0 aliphatic carbocycles. The van der Waals surface area contributed by atoms with E-state index >= 15 is 0 Å². The fourth-order valence-electron chi connectivity index (χ4n) is 1.77. The molecular formula is C13H13F2N3O3. The summed E-state index contributed by atoms with van der Waals surface area (Å²) < 4.78 is 31.3. The molecule has 1 N–H and O–H groups in total. The van der Waals surface area contributed by atoms with Crippen molar-refractivity contribution in [2.75, 3.05) is 5.32 Å². The molecule has 0 unspecified atom stereocenters. The molecule has 8 heteroatoms. The first-order chi connectivity index (χ1) is 10.0. The second-order valence-corrected chi connectivity index (χ2v) is 4.26. The number of oxazole rings is 1. The maximum Gasteiger partial charge on any atom is 0.270 e. The van der Waals surface area contributed by atoms with Crippen LogP contribution in [0.25, 0.3) is 0 Å². The topological polar surface area (TPSA) is 81.2 Å². The molecule has 0 amide bonds. The van der Waals surface area contributed by atoms with Crippen molar-refractivity contribution in [3.05, 3.63) is 51.7 Å². The third kappa shape index (κ3) is 3.53. The van der Waals surface area contributed by atoms with Gasteiger partial charge in [-0.05, 0) is 6.07 Å². The van der Waals surface area contributed by atoms with Crippen LogP contribution in [0.2, 0.25) is 0 Å². The van der Waals surface area contributed by atoms with Crippen molar-refractivity contribution in [3.63, 3.8) is 0 Å². The van der Waals surface area contributed by atoms with Crippen LogP contribution in [0, 0.1) is 10.1 Å². The van der Waals surface area contributed by atoms with E-state index in [1.807, 2.05) is 6.92 Å². The highest BCUT2D eigenvalue weighted by Crippen LogP contribution is 2.30. The highest BCUT2D eigenvalue weighted by Gasteiger charge is 2.18. The third-order valence-corrected chi connectivity index (χ3v) is 2.86. The minimum atomic E-state index is -2.82. The monoisotopic (exact) mass is 297 g/mol. The average molecular weight is 297 g/mol. The Morgan fingerprint density at radius 3 is 2.81 bits per heavy atom. The summed E-state index contributed by atoms with van der Waals surface area (Å²) in [5.41, 5.74) is -0.682. The van der Waals surface area contributed by atoms with Crippen LogP contribution in [0.3, 0.4) is 0 Å². The summed E-state index contributed by atoms with van der Waals surface area (Å²) in [6.07, 6.45) is -0.559. The summed E-state index contributed by atoms with van der Waals surface area (Å²) in [7, 11) is 0.